The van der Waals surface area contributed by atoms with E-state index in [1.165, 1.54) is 6.33 Å². The Labute approximate surface area is 121 Å². The average Bonchev–Trinajstić information content (AvgIpc) is 2.85. The average molecular weight is 324 g/mol. The van der Waals surface area contributed by atoms with E-state index in [1.807, 2.05) is 42.8 Å². The lowest BCUT2D eigenvalue weighted by Gasteiger charge is -2.27. The molecule has 0 amide bonds. The summed E-state index contributed by atoms with van der Waals surface area (Å²) in [5.41, 5.74) is -0.0148. The highest BCUT2D eigenvalue weighted by atomic mass is 79.9. The molecule has 19 heavy (non-hydrogen) atoms. The first-order valence-corrected chi connectivity index (χ1v) is 7.23. The molecule has 0 saturated heterocycles. The maximum atomic E-state index is 10.9. The summed E-state index contributed by atoms with van der Waals surface area (Å²) in [6, 6.07) is 7.79. The quantitative estimate of drug-likeness (QED) is 0.920. The monoisotopic (exact) mass is 323 g/mol. The molecule has 0 aliphatic carbocycles. The topological polar surface area (TPSA) is 50.9 Å². The highest BCUT2D eigenvalue weighted by Gasteiger charge is 2.29. The van der Waals surface area contributed by atoms with E-state index in [9.17, 15) is 5.11 Å². The molecule has 0 bridgehead atoms. The molecule has 1 aromatic carbocycles. The van der Waals surface area contributed by atoms with Gasteiger partial charge >= 0.3 is 0 Å². The number of benzene rings is 1. The summed E-state index contributed by atoms with van der Waals surface area (Å²) in [7, 11) is 0. The van der Waals surface area contributed by atoms with Gasteiger partial charge < -0.3 is 5.11 Å². The van der Waals surface area contributed by atoms with Gasteiger partial charge in [0.15, 0.2) is 0 Å². The summed E-state index contributed by atoms with van der Waals surface area (Å²) in [6.45, 7) is 4.75. The lowest BCUT2D eigenvalue weighted by atomic mass is 9.87. The first-order chi connectivity index (χ1) is 9.09. The summed E-state index contributed by atoms with van der Waals surface area (Å²) in [6.07, 6.45) is 2.63. The molecule has 0 aliphatic heterocycles. The number of aromatic nitrogens is 3. The van der Waals surface area contributed by atoms with Crippen molar-refractivity contribution in [2.75, 3.05) is 0 Å². The second kappa shape index (κ2) is 5.84. The molecule has 1 heterocycles. The molecule has 0 radical (unpaired) electrons. The van der Waals surface area contributed by atoms with Crippen LogP contribution in [0.15, 0.2) is 35.1 Å². The zero-order chi connectivity index (χ0) is 13.9. The van der Waals surface area contributed by atoms with E-state index in [1.54, 1.807) is 0 Å². The molecular formula is C14H18BrN3O. The second-order valence-electron chi connectivity index (χ2n) is 4.56. The molecule has 0 spiro atoms. The summed E-state index contributed by atoms with van der Waals surface area (Å²) < 4.78 is 2.78. The molecule has 0 fully saturated rings. The number of nitrogens with zero attached hydrogens (tertiary/aromatic N) is 3. The maximum absolute atomic E-state index is 10.9. The minimum atomic E-state index is -0.913. The normalized spacial score (nSPS) is 14.3. The molecule has 0 saturated carbocycles. The fourth-order valence-electron chi connectivity index (χ4n) is 2.16. The SMILES string of the molecule is CCn1ncnc1CC(O)(CC)c1cccc(Br)c1. The molecule has 102 valence electrons. The van der Waals surface area contributed by atoms with Crippen molar-refractivity contribution < 1.29 is 5.11 Å². The third kappa shape index (κ3) is 3.04. The van der Waals surface area contributed by atoms with Crippen molar-refractivity contribution in [3.63, 3.8) is 0 Å². The van der Waals surface area contributed by atoms with Crippen LogP contribution < -0.4 is 0 Å². The van der Waals surface area contributed by atoms with Crippen LogP contribution in [-0.2, 0) is 18.6 Å². The highest BCUT2D eigenvalue weighted by molar-refractivity contribution is 9.10. The van der Waals surface area contributed by atoms with Gasteiger partial charge in [-0.2, -0.15) is 5.10 Å². The lowest BCUT2D eigenvalue weighted by Crippen LogP contribution is -2.29. The van der Waals surface area contributed by atoms with Crippen molar-refractivity contribution in [3.05, 3.63) is 46.5 Å². The van der Waals surface area contributed by atoms with E-state index in [0.29, 0.717) is 12.8 Å². The summed E-state index contributed by atoms with van der Waals surface area (Å²) in [4.78, 5) is 4.25. The Morgan fingerprint density at radius 2 is 2.16 bits per heavy atom. The van der Waals surface area contributed by atoms with Crippen LogP contribution in [0.4, 0.5) is 0 Å². The van der Waals surface area contributed by atoms with Crippen molar-refractivity contribution in [2.45, 2.75) is 38.8 Å². The van der Waals surface area contributed by atoms with Crippen LogP contribution in [0.1, 0.15) is 31.7 Å². The van der Waals surface area contributed by atoms with Gasteiger partial charge in [-0.3, -0.25) is 4.68 Å². The predicted octanol–water partition coefficient (Wildman–Crippen LogP) is 2.90. The third-order valence-electron chi connectivity index (χ3n) is 3.39. The largest absolute Gasteiger partial charge is 0.385 e. The minimum absolute atomic E-state index is 0.466. The van der Waals surface area contributed by atoms with Crippen molar-refractivity contribution in [3.8, 4) is 0 Å². The van der Waals surface area contributed by atoms with Gasteiger partial charge in [-0.05, 0) is 31.0 Å². The van der Waals surface area contributed by atoms with Gasteiger partial charge in [0.2, 0.25) is 0 Å². The van der Waals surface area contributed by atoms with Gasteiger partial charge in [-0.15, -0.1) is 0 Å². The molecule has 5 heteroatoms. The molecular weight excluding hydrogens is 306 g/mol. The van der Waals surface area contributed by atoms with E-state index in [0.717, 1.165) is 22.4 Å². The van der Waals surface area contributed by atoms with Gasteiger partial charge in [-0.1, -0.05) is 35.0 Å². The number of halogens is 1. The van der Waals surface area contributed by atoms with Crippen LogP contribution in [0, 0.1) is 0 Å². The molecule has 1 aromatic heterocycles. The first-order valence-electron chi connectivity index (χ1n) is 6.44. The molecule has 1 unspecified atom stereocenters. The Hall–Kier alpha value is -1.20. The molecule has 4 nitrogen and oxygen atoms in total. The standard InChI is InChI=1S/C14H18BrN3O/c1-3-14(19,11-6-5-7-12(15)8-11)9-13-16-10-17-18(13)4-2/h5-8,10,19H,3-4,9H2,1-2H3. The molecule has 0 aliphatic rings. The smallest absolute Gasteiger partial charge is 0.138 e. The Balaban J connectivity index is 2.33. The van der Waals surface area contributed by atoms with E-state index in [4.69, 9.17) is 0 Å². The number of aliphatic hydroxyl groups is 1. The van der Waals surface area contributed by atoms with Gasteiger partial charge in [0.05, 0.1) is 5.60 Å². The minimum Gasteiger partial charge on any atom is -0.385 e. The van der Waals surface area contributed by atoms with Crippen LogP contribution in [-0.4, -0.2) is 19.9 Å². The van der Waals surface area contributed by atoms with E-state index >= 15 is 0 Å². The Morgan fingerprint density at radius 1 is 1.37 bits per heavy atom. The van der Waals surface area contributed by atoms with Gasteiger partial charge in [0.25, 0.3) is 0 Å². The van der Waals surface area contributed by atoms with Crippen molar-refractivity contribution >= 4 is 15.9 Å². The fourth-order valence-corrected chi connectivity index (χ4v) is 2.56. The second-order valence-corrected chi connectivity index (χ2v) is 5.48. The van der Waals surface area contributed by atoms with E-state index in [2.05, 4.69) is 26.0 Å². The highest BCUT2D eigenvalue weighted by Crippen LogP contribution is 2.30. The van der Waals surface area contributed by atoms with Crippen LogP contribution >= 0.6 is 15.9 Å². The zero-order valence-corrected chi connectivity index (χ0v) is 12.8. The van der Waals surface area contributed by atoms with Crippen LogP contribution in [0.2, 0.25) is 0 Å². The lowest BCUT2D eigenvalue weighted by molar-refractivity contribution is 0.0296. The molecule has 1 atom stereocenters. The first kappa shape index (κ1) is 14.2. The van der Waals surface area contributed by atoms with Crippen molar-refractivity contribution in [2.24, 2.45) is 0 Å². The molecule has 2 rings (SSSR count). The third-order valence-corrected chi connectivity index (χ3v) is 3.89. The number of aryl methyl sites for hydroxylation is 1. The Kier molecular flexibility index (Phi) is 4.37. The predicted molar refractivity (Wildman–Crippen MR) is 77.7 cm³/mol. The van der Waals surface area contributed by atoms with Crippen LogP contribution in [0.25, 0.3) is 0 Å². The van der Waals surface area contributed by atoms with Gasteiger partial charge in [0.1, 0.15) is 12.2 Å². The summed E-state index contributed by atoms with van der Waals surface area (Å²) in [5, 5.41) is 15.1. The van der Waals surface area contributed by atoms with Crippen molar-refractivity contribution in [1.29, 1.82) is 0 Å². The number of hydrogen-bond donors (Lipinski definition) is 1. The Morgan fingerprint density at radius 3 is 2.79 bits per heavy atom. The maximum Gasteiger partial charge on any atom is 0.138 e. The van der Waals surface area contributed by atoms with Crippen molar-refractivity contribution in [1.82, 2.24) is 14.8 Å². The number of rotatable bonds is 5. The zero-order valence-electron chi connectivity index (χ0n) is 11.2. The fraction of sp³-hybridized carbons (Fsp3) is 0.429. The van der Waals surface area contributed by atoms with Gasteiger partial charge in [0, 0.05) is 17.4 Å². The van der Waals surface area contributed by atoms with Gasteiger partial charge in [-0.25, -0.2) is 4.98 Å². The van der Waals surface area contributed by atoms with E-state index in [-0.39, 0.29) is 0 Å². The summed E-state index contributed by atoms with van der Waals surface area (Å²) in [5.74, 6) is 0.812. The molecule has 2 aromatic rings. The molecule has 1 N–H and O–H groups in total. The van der Waals surface area contributed by atoms with Crippen LogP contribution in [0.3, 0.4) is 0 Å². The number of hydrogen-bond acceptors (Lipinski definition) is 3. The van der Waals surface area contributed by atoms with Crippen LogP contribution in [0.5, 0.6) is 0 Å². The Bertz CT molecular complexity index is 555. The summed E-state index contributed by atoms with van der Waals surface area (Å²) >= 11 is 3.45. The van der Waals surface area contributed by atoms with E-state index < -0.39 is 5.60 Å².